The van der Waals surface area contributed by atoms with Gasteiger partial charge >= 0.3 is 0 Å². The van der Waals surface area contributed by atoms with Gasteiger partial charge in [0.15, 0.2) is 0 Å². The first-order valence-electron chi connectivity index (χ1n) is 7.33. The van der Waals surface area contributed by atoms with Gasteiger partial charge in [-0.05, 0) is 32.6 Å². The zero-order valence-corrected chi connectivity index (χ0v) is 12.4. The number of rotatable bonds is 6. The first-order chi connectivity index (χ1) is 9.02. The molecule has 0 radical (unpaired) electrons. The fourth-order valence-electron chi connectivity index (χ4n) is 2.71. The summed E-state index contributed by atoms with van der Waals surface area (Å²) in [5.41, 5.74) is -1.08. The van der Waals surface area contributed by atoms with Crippen molar-refractivity contribution in [2.75, 3.05) is 13.2 Å². The second-order valence-electron chi connectivity index (χ2n) is 5.82. The third kappa shape index (κ3) is 3.94. The minimum atomic E-state index is -0.856. The van der Waals surface area contributed by atoms with Crippen LogP contribution >= 0.6 is 0 Å². The van der Waals surface area contributed by atoms with Gasteiger partial charge in [0.1, 0.15) is 5.41 Å². The zero-order valence-electron chi connectivity index (χ0n) is 12.4. The molecule has 0 aromatic carbocycles. The molecule has 108 valence electrons. The molecule has 1 aliphatic rings. The molecular weight excluding hydrogens is 240 g/mol. The highest BCUT2D eigenvalue weighted by atomic mass is 16.5. The summed E-state index contributed by atoms with van der Waals surface area (Å²) in [5.74, 6) is -0.0944. The Morgan fingerprint density at radius 3 is 2.26 bits per heavy atom. The summed E-state index contributed by atoms with van der Waals surface area (Å²) in [6.07, 6.45) is 4.60. The van der Waals surface area contributed by atoms with Gasteiger partial charge in [-0.1, -0.05) is 26.7 Å². The van der Waals surface area contributed by atoms with Crippen LogP contribution in [-0.2, 0) is 9.53 Å². The molecule has 1 rings (SSSR count). The summed E-state index contributed by atoms with van der Waals surface area (Å²) < 4.78 is 5.34. The number of amides is 1. The third-order valence-corrected chi connectivity index (χ3v) is 4.01. The van der Waals surface area contributed by atoms with Crippen LogP contribution in [0.15, 0.2) is 0 Å². The average molecular weight is 266 g/mol. The molecule has 4 nitrogen and oxygen atoms in total. The van der Waals surface area contributed by atoms with E-state index in [9.17, 15) is 10.1 Å². The minimum absolute atomic E-state index is 0.0944. The van der Waals surface area contributed by atoms with Gasteiger partial charge in [-0.2, -0.15) is 5.26 Å². The maximum Gasteiger partial charge on any atom is 0.240 e. The SMILES string of the molecule is CCCC(C#N)(CCC)C(=O)NC1(C)CCOCC1. The van der Waals surface area contributed by atoms with Crippen LogP contribution in [0.2, 0.25) is 0 Å². The van der Waals surface area contributed by atoms with Crippen LogP contribution in [0.4, 0.5) is 0 Å². The Morgan fingerprint density at radius 1 is 1.32 bits per heavy atom. The summed E-state index contributed by atoms with van der Waals surface area (Å²) in [4.78, 5) is 12.6. The van der Waals surface area contributed by atoms with Crippen molar-refractivity contribution in [2.45, 2.75) is 64.8 Å². The highest BCUT2D eigenvalue weighted by Gasteiger charge is 2.40. The van der Waals surface area contributed by atoms with Crippen molar-refractivity contribution in [3.8, 4) is 6.07 Å². The lowest BCUT2D eigenvalue weighted by atomic mass is 9.78. The molecule has 1 fully saturated rings. The van der Waals surface area contributed by atoms with Crippen molar-refractivity contribution in [2.24, 2.45) is 5.41 Å². The Hall–Kier alpha value is -1.08. The van der Waals surface area contributed by atoms with Crippen LogP contribution in [0.1, 0.15) is 59.3 Å². The molecule has 1 aliphatic heterocycles. The molecule has 0 saturated carbocycles. The van der Waals surface area contributed by atoms with Gasteiger partial charge in [-0.3, -0.25) is 4.79 Å². The smallest absolute Gasteiger partial charge is 0.240 e. The minimum Gasteiger partial charge on any atom is -0.381 e. The van der Waals surface area contributed by atoms with Crippen LogP contribution in [-0.4, -0.2) is 24.7 Å². The second-order valence-corrected chi connectivity index (χ2v) is 5.82. The van der Waals surface area contributed by atoms with Crippen molar-refractivity contribution < 1.29 is 9.53 Å². The lowest BCUT2D eigenvalue weighted by molar-refractivity contribution is -0.132. The van der Waals surface area contributed by atoms with Gasteiger partial charge in [-0.15, -0.1) is 0 Å². The first kappa shape index (κ1) is 16.0. The Labute approximate surface area is 116 Å². The van der Waals surface area contributed by atoms with Gasteiger partial charge in [-0.25, -0.2) is 0 Å². The molecule has 0 aromatic rings. The number of ether oxygens (including phenoxy) is 1. The normalized spacial score (nSPS) is 18.6. The van der Waals surface area contributed by atoms with Crippen molar-refractivity contribution in [3.05, 3.63) is 0 Å². The number of carbonyl (C=O) groups excluding carboxylic acids is 1. The molecule has 1 saturated heterocycles. The lowest BCUT2D eigenvalue weighted by Gasteiger charge is -2.37. The average Bonchev–Trinajstić information content (AvgIpc) is 2.38. The maximum atomic E-state index is 12.6. The molecule has 1 amide bonds. The van der Waals surface area contributed by atoms with E-state index in [0.717, 1.165) is 25.7 Å². The molecule has 1 N–H and O–H groups in total. The Balaban J connectivity index is 2.79. The van der Waals surface area contributed by atoms with E-state index in [4.69, 9.17) is 4.74 Å². The maximum absolute atomic E-state index is 12.6. The van der Waals surface area contributed by atoms with Crippen LogP contribution in [0, 0.1) is 16.7 Å². The van der Waals surface area contributed by atoms with Gasteiger partial charge < -0.3 is 10.1 Å². The van der Waals surface area contributed by atoms with E-state index in [-0.39, 0.29) is 11.4 Å². The summed E-state index contributed by atoms with van der Waals surface area (Å²) >= 11 is 0. The van der Waals surface area contributed by atoms with Crippen molar-refractivity contribution >= 4 is 5.91 Å². The largest absolute Gasteiger partial charge is 0.381 e. The molecule has 1 heterocycles. The van der Waals surface area contributed by atoms with Crippen LogP contribution < -0.4 is 5.32 Å². The number of hydrogen-bond donors (Lipinski definition) is 1. The molecule has 19 heavy (non-hydrogen) atoms. The molecular formula is C15H26N2O2. The Morgan fingerprint density at radius 2 is 1.84 bits per heavy atom. The van der Waals surface area contributed by atoms with Crippen LogP contribution in [0.5, 0.6) is 0 Å². The topological polar surface area (TPSA) is 62.1 Å². The van der Waals surface area contributed by atoms with E-state index >= 15 is 0 Å². The number of carbonyl (C=O) groups is 1. The Bertz CT molecular complexity index is 335. The molecule has 0 atom stereocenters. The molecule has 0 aromatic heterocycles. The highest BCUT2D eigenvalue weighted by Crippen LogP contribution is 2.31. The third-order valence-electron chi connectivity index (χ3n) is 4.01. The molecule has 0 spiro atoms. The summed E-state index contributed by atoms with van der Waals surface area (Å²) in [5, 5.41) is 12.6. The van der Waals surface area contributed by atoms with E-state index in [1.807, 2.05) is 20.8 Å². The predicted molar refractivity (Wildman–Crippen MR) is 74.5 cm³/mol. The van der Waals surface area contributed by atoms with Gasteiger partial charge in [0.25, 0.3) is 0 Å². The van der Waals surface area contributed by atoms with Crippen LogP contribution in [0.25, 0.3) is 0 Å². The molecule has 4 heteroatoms. The number of nitriles is 1. The lowest BCUT2D eigenvalue weighted by Crippen LogP contribution is -2.54. The Kier molecular flexibility index (Phi) is 5.81. The van der Waals surface area contributed by atoms with Gasteiger partial charge in [0.2, 0.25) is 5.91 Å². The number of nitrogens with zero attached hydrogens (tertiary/aromatic N) is 1. The van der Waals surface area contributed by atoms with E-state index in [2.05, 4.69) is 11.4 Å². The molecule has 0 bridgehead atoms. The van der Waals surface area contributed by atoms with Gasteiger partial charge in [0.05, 0.1) is 6.07 Å². The standard InChI is InChI=1S/C15H26N2O2/c1-4-6-15(12-16,7-5-2)13(18)17-14(3)8-10-19-11-9-14/h4-11H2,1-3H3,(H,17,18). The quantitative estimate of drug-likeness (QED) is 0.804. The van der Waals surface area contributed by atoms with Crippen LogP contribution in [0.3, 0.4) is 0 Å². The number of hydrogen-bond acceptors (Lipinski definition) is 3. The second kappa shape index (κ2) is 6.91. The summed E-state index contributed by atoms with van der Waals surface area (Å²) in [7, 11) is 0. The summed E-state index contributed by atoms with van der Waals surface area (Å²) in [6.45, 7) is 7.44. The fourth-order valence-corrected chi connectivity index (χ4v) is 2.71. The van der Waals surface area contributed by atoms with E-state index in [1.165, 1.54) is 0 Å². The van der Waals surface area contributed by atoms with E-state index in [0.29, 0.717) is 26.1 Å². The van der Waals surface area contributed by atoms with Crippen molar-refractivity contribution in [3.63, 3.8) is 0 Å². The first-order valence-corrected chi connectivity index (χ1v) is 7.33. The number of nitrogens with one attached hydrogen (secondary N) is 1. The summed E-state index contributed by atoms with van der Waals surface area (Å²) in [6, 6.07) is 2.28. The monoisotopic (exact) mass is 266 g/mol. The predicted octanol–water partition coefficient (Wildman–Crippen LogP) is 2.78. The zero-order chi connectivity index (χ0) is 14.4. The fraction of sp³-hybridized carbons (Fsp3) is 0.867. The van der Waals surface area contributed by atoms with E-state index < -0.39 is 5.41 Å². The molecule has 0 unspecified atom stereocenters. The van der Waals surface area contributed by atoms with Crippen molar-refractivity contribution in [1.82, 2.24) is 5.32 Å². The highest BCUT2D eigenvalue weighted by molar-refractivity contribution is 5.86. The van der Waals surface area contributed by atoms with Crippen molar-refractivity contribution in [1.29, 1.82) is 5.26 Å². The van der Waals surface area contributed by atoms with E-state index in [1.54, 1.807) is 0 Å². The molecule has 0 aliphatic carbocycles. The van der Waals surface area contributed by atoms with Gasteiger partial charge in [0, 0.05) is 18.8 Å².